The van der Waals surface area contributed by atoms with Crippen LogP contribution in [0.1, 0.15) is 24.9 Å². The summed E-state index contributed by atoms with van der Waals surface area (Å²) in [6.07, 6.45) is 0.0668. The molecule has 0 aliphatic rings. The molecule has 0 aliphatic carbocycles. The van der Waals surface area contributed by atoms with Gasteiger partial charge in [-0.3, -0.25) is 4.79 Å². The lowest BCUT2D eigenvalue weighted by Crippen LogP contribution is -2.18. The maximum atomic E-state index is 11.3. The standard InChI is InChI=1S/C11H13Cl2NO2.ClH/c1-2-16-10(15)6-9(14)11-7(12)4-3-5-8(11)13;/h3-5,9H,2,6,14H2,1H3;1H/t9-;/m1./s1. The molecule has 2 N–H and O–H groups in total. The smallest absolute Gasteiger partial charge is 0.307 e. The van der Waals surface area contributed by atoms with E-state index < -0.39 is 6.04 Å². The zero-order valence-corrected chi connectivity index (χ0v) is 11.6. The van der Waals surface area contributed by atoms with Crippen molar-refractivity contribution in [1.29, 1.82) is 0 Å². The number of esters is 1. The van der Waals surface area contributed by atoms with E-state index in [9.17, 15) is 4.79 Å². The number of halogens is 3. The molecule has 1 atom stereocenters. The summed E-state index contributed by atoms with van der Waals surface area (Å²) in [7, 11) is 0. The van der Waals surface area contributed by atoms with E-state index in [1.54, 1.807) is 25.1 Å². The Hall–Kier alpha value is -0.480. The van der Waals surface area contributed by atoms with Crippen molar-refractivity contribution >= 4 is 41.6 Å². The van der Waals surface area contributed by atoms with Crippen LogP contribution >= 0.6 is 35.6 Å². The first-order valence-electron chi connectivity index (χ1n) is 4.91. The number of hydrogen-bond donors (Lipinski definition) is 1. The molecule has 0 saturated heterocycles. The van der Waals surface area contributed by atoms with Crippen LogP contribution in [0, 0.1) is 0 Å². The van der Waals surface area contributed by atoms with Crippen molar-refractivity contribution in [2.45, 2.75) is 19.4 Å². The van der Waals surface area contributed by atoms with Crippen LogP contribution in [-0.4, -0.2) is 12.6 Å². The number of ether oxygens (including phenoxy) is 1. The summed E-state index contributed by atoms with van der Waals surface area (Å²) < 4.78 is 4.81. The topological polar surface area (TPSA) is 52.3 Å². The molecule has 1 aromatic carbocycles. The quantitative estimate of drug-likeness (QED) is 0.867. The highest BCUT2D eigenvalue weighted by molar-refractivity contribution is 6.36. The van der Waals surface area contributed by atoms with Gasteiger partial charge in [-0.25, -0.2) is 0 Å². The summed E-state index contributed by atoms with van der Waals surface area (Å²) in [6.45, 7) is 2.08. The number of carbonyl (C=O) groups is 1. The Balaban J connectivity index is 0.00000256. The van der Waals surface area contributed by atoms with Gasteiger partial charge in [-0.2, -0.15) is 0 Å². The van der Waals surface area contributed by atoms with Crippen LogP contribution < -0.4 is 5.73 Å². The van der Waals surface area contributed by atoms with Crippen molar-refractivity contribution in [3.8, 4) is 0 Å². The fraction of sp³-hybridized carbons (Fsp3) is 0.364. The summed E-state index contributed by atoms with van der Waals surface area (Å²) in [5.41, 5.74) is 6.44. The second kappa shape index (κ2) is 7.77. The predicted molar refractivity (Wildman–Crippen MR) is 71.9 cm³/mol. The van der Waals surface area contributed by atoms with Gasteiger partial charge < -0.3 is 10.5 Å². The summed E-state index contributed by atoms with van der Waals surface area (Å²) >= 11 is 11.9. The minimum atomic E-state index is -0.541. The minimum Gasteiger partial charge on any atom is -0.466 e. The van der Waals surface area contributed by atoms with Gasteiger partial charge in [0.05, 0.1) is 13.0 Å². The largest absolute Gasteiger partial charge is 0.466 e. The van der Waals surface area contributed by atoms with Crippen molar-refractivity contribution in [3.63, 3.8) is 0 Å². The monoisotopic (exact) mass is 297 g/mol. The first-order valence-corrected chi connectivity index (χ1v) is 5.67. The maximum absolute atomic E-state index is 11.3. The van der Waals surface area contributed by atoms with E-state index in [0.717, 1.165) is 0 Å². The Kier molecular flexibility index (Phi) is 7.55. The van der Waals surface area contributed by atoms with Crippen LogP contribution in [0.25, 0.3) is 0 Å². The molecule has 1 aromatic rings. The van der Waals surface area contributed by atoms with Crippen LogP contribution in [0.15, 0.2) is 18.2 Å². The third kappa shape index (κ3) is 4.72. The Morgan fingerprint density at radius 1 is 1.41 bits per heavy atom. The van der Waals surface area contributed by atoms with Gasteiger partial charge in [-0.15, -0.1) is 12.4 Å². The van der Waals surface area contributed by atoms with E-state index in [-0.39, 0.29) is 24.8 Å². The zero-order chi connectivity index (χ0) is 12.1. The van der Waals surface area contributed by atoms with Gasteiger partial charge in [-0.05, 0) is 19.1 Å². The van der Waals surface area contributed by atoms with Crippen LogP contribution in [0.2, 0.25) is 10.0 Å². The lowest BCUT2D eigenvalue weighted by atomic mass is 10.0. The van der Waals surface area contributed by atoms with Crippen molar-refractivity contribution in [1.82, 2.24) is 0 Å². The minimum absolute atomic E-state index is 0. The molecule has 0 saturated carbocycles. The third-order valence-corrected chi connectivity index (χ3v) is 2.72. The predicted octanol–water partition coefficient (Wildman–Crippen LogP) is 3.37. The molecular formula is C11H14Cl3NO2. The highest BCUT2D eigenvalue weighted by Gasteiger charge is 2.17. The fourth-order valence-corrected chi connectivity index (χ4v) is 2.04. The van der Waals surface area contributed by atoms with Crippen LogP contribution in [0.3, 0.4) is 0 Å². The van der Waals surface area contributed by atoms with Gasteiger partial charge in [0.2, 0.25) is 0 Å². The van der Waals surface area contributed by atoms with Gasteiger partial charge in [0.15, 0.2) is 0 Å². The number of nitrogens with two attached hydrogens (primary N) is 1. The molecule has 6 heteroatoms. The van der Waals surface area contributed by atoms with Crippen molar-refractivity contribution in [2.75, 3.05) is 6.61 Å². The zero-order valence-electron chi connectivity index (χ0n) is 9.28. The summed E-state index contributed by atoms with van der Waals surface area (Å²) in [5, 5.41) is 0.925. The van der Waals surface area contributed by atoms with Gasteiger partial charge in [0, 0.05) is 21.7 Å². The average Bonchev–Trinajstić information content (AvgIpc) is 2.17. The number of rotatable bonds is 4. The van der Waals surface area contributed by atoms with Crippen LogP contribution in [0.4, 0.5) is 0 Å². The Labute approximate surface area is 117 Å². The van der Waals surface area contributed by atoms with E-state index in [4.69, 9.17) is 33.7 Å². The second-order valence-electron chi connectivity index (χ2n) is 3.25. The van der Waals surface area contributed by atoms with Crippen molar-refractivity contribution in [2.24, 2.45) is 5.73 Å². The molecule has 17 heavy (non-hydrogen) atoms. The second-order valence-corrected chi connectivity index (χ2v) is 4.07. The molecule has 0 unspecified atom stereocenters. The molecule has 0 fully saturated rings. The average molecular weight is 299 g/mol. The van der Waals surface area contributed by atoms with Crippen LogP contribution in [-0.2, 0) is 9.53 Å². The van der Waals surface area contributed by atoms with Crippen molar-refractivity contribution in [3.05, 3.63) is 33.8 Å². The van der Waals surface area contributed by atoms with E-state index in [1.165, 1.54) is 0 Å². The third-order valence-electron chi connectivity index (χ3n) is 2.06. The van der Waals surface area contributed by atoms with E-state index in [0.29, 0.717) is 22.2 Å². The normalized spacial score (nSPS) is 11.5. The summed E-state index contributed by atoms with van der Waals surface area (Å²) in [4.78, 5) is 11.3. The Morgan fingerprint density at radius 3 is 2.41 bits per heavy atom. The molecule has 0 amide bonds. The first kappa shape index (κ1) is 16.5. The molecule has 1 rings (SSSR count). The molecule has 0 bridgehead atoms. The number of hydrogen-bond acceptors (Lipinski definition) is 3. The van der Waals surface area contributed by atoms with Gasteiger partial charge in [0.1, 0.15) is 0 Å². The molecule has 0 radical (unpaired) electrons. The SMILES string of the molecule is CCOC(=O)C[C@@H](N)c1c(Cl)cccc1Cl.Cl. The fourth-order valence-electron chi connectivity index (χ4n) is 1.37. The van der Waals surface area contributed by atoms with Gasteiger partial charge in [-0.1, -0.05) is 29.3 Å². The van der Waals surface area contributed by atoms with E-state index in [1.807, 2.05) is 0 Å². The first-order chi connectivity index (χ1) is 7.56. The van der Waals surface area contributed by atoms with Gasteiger partial charge >= 0.3 is 5.97 Å². The summed E-state index contributed by atoms with van der Waals surface area (Å²) in [5.74, 6) is -0.356. The Bertz CT molecular complexity index is 365. The summed E-state index contributed by atoms with van der Waals surface area (Å²) in [6, 6.07) is 4.56. The number of benzene rings is 1. The van der Waals surface area contributed by atoms with E-state index >= 15 is 0 Å². The molecule has 0 heterocycles. The highest BCUT2D eigenvalue weighted by atomic mass is 35.5. The number of carbonyl (C=O) groups excluding carboxylic acids is 1. The maximum Gasteiger partial charge on any atom is 0.307 e. The molecule has 0 spiro atoms. The van der Waals surface area contributed by atoms with Gasteiger partial charge in [0.25, 0.3) is 0 Å². The highest BCUT2D eigenvalue weighted by Crippen LogP contribution is 2.30. The molecule has 96 valence electrons. The molecule has 3 nitrogen and oxygen atoms in total. The lowest BCUT2D eigenvalue weighted by molar-refractivity contribution is -0.143. The van der Waals surface area contributed by atoms with Crippen LogP contribution in [0.5, 0.6) is 0 Å². The molecular weight excluding hydrogens is 284 g/mol. The molecule has 0 aliphatic heterocycles. The lowest BCUT2D eigenvalue weighted by Gasteiger charge is -2.14. The molecule has 0 aromatic heterocycles. The Morgan fingerprint density at radius 2 is 1.94 bits per heavy atom. The van der Waals surface area contributed by atoms with Crippen molar-refractivity contribution < 1.29 is 9.53 Å². The van der Waals surface area contributed by atoms with E-state index in [2.05, 4.69) is 0 Å².